The molecule has 7 N–H and O–H groups in total. The molecule has 25 nitrogen and oxygen atoms in total. The van der Waals surface area contributed by atoms with Gasteiger partial charge >= 0.3 is 24.4 Å². The van der Waals surface area contributed by atoms with Gasteiger partial charge in [-0.25, -0.2) is 19.2 Å². The van der Waals surface area contributed by atoms with Crippen LogP contribution in [0.1, 0.15) is 125 Å². The van der Waals surface area contributed by atoms with Crippen LogP contribution in [-0.2, 0) is 96.2 Å². The first kappa shape index (κ1) is 90.6. The number of ether oxygens (including phenoxy) is 11. The van der Waals surface area contributed by atoms with Crippen LogP contribution in [0.25, 0.3) is 0 Å². The Morgan fingerprint density at radius 2 is 0.874 bits per heavy atom. The summed E-state index contributed by atoms with van der Waals surface area (Å²) in [6.07, 6.45) is -17.0. The van der Waals surface area contributed by atoms with E-state index in [4.69, 9.17) is 75.5 Å². The molecule has 111 heavy (non-hydrogen) atoms. The van der Waals surface area contributed by atoms with E-state index in [1.165, 1.54) is 0 Å². The minimum absolute atomic E-state index is 0.0157. The van der Waals surface area contributed by atoms with Gasteiger partial charge in [0, 0.05) is 12.6 Å². The van der Waals surface area contributed by atoms with Crippen molar-refractivity contribution in [1.82, 2.24) is 21.3 Å². The molecule has 3 heterocycles. The molecule has 4 fully saturated rings. The maximum absolute atomic E-state index is 15.0. The SMILES string of the molecule is C=CCO[C@H]1[C@H](O[C@@H]2[C@@H](O)[C@H](N)C[C@H](NC(=O)OCc3ccccc3)[C@H]2O[C@H]2O[C@H](CO[Si](C)(C)C(C)(C)C)CC[C@H]2NC(=O)OCc2ccccc2)O[C@H](CO[Si](C)(C)C(C)(C)C)[C@H]1O[C@H]1O[C@@H](CNC(=O)OCc2ccccc2)[C@@H](O[Si](C)(C)C(C)(C)C)[C@H](O[Si](C)(C)C(C)(C)C)[C@H]1NC(=O)OCc1ccccc1. The van der Waals surface area contributed by atoms with Crippen molar-refractivity contribution in [2.24, 2.45) is 5.73 Å². The lowest BCUT2D eigenvalue weighted by Crippen LogP contribution is -2.71. The van der Waals surface area contributed by atoms with E-state index in [-0.39, 0.29) is 74.3 Å². The summed E-state index contributed by atoms with van der Waals surface area (Å²) in [6.45, 7) is 46.2. The first-order chi connectivity index (χ1) is 52.0. The molecule has 1 aliphatic carbocycles. The normalized spacial score (nSPS) is 27.1. The van der Waals surface area contributed by atoms with Crippen LogP contribution >= 0.6 is 0 Å². The lowest BCUT2D eigenvalue weighted by Gasteiger charge is -2.53. The highest BCUT2D eigenvalue weighted by Gasteiger charge is 2.60. The fraction of sp³-hybridized carbons (Fsp3) is 0.634. The van der Waals surface area contributed by atoms with Gasteiger partial charge in [0.2, 0.25) is 0 Å². The van der Waals surface area contributed by atoms with Crippen LogP contribution in [0.15, 0.2) is 134 Å². The van der Waals surface area contributed by atoms with E-state index in [1.807, 2.05) is 121 Å². The maximum atomic E-state index is 15.0. The van der Waals surface area contributed by atoms with Gasteiger partial charge in [0.25, 0.3) is 0 Å². The van der Waals surface area contributed by atoms with Crippen LogP contribution in [-0.4, -0.2) is 193 Å². The average Bonchev–Trinajstić information content (AvgIpc) is 1.72. The molecule has 3 aliphatic heterocycles. The standard InChI is InChI=1S/C82H129N5O20Si4/c1-22-45-93-71-67(104-73-64(87-78(92)97-51-57-41-33-26-34-42-57)69(107-111(20,21)82(11,12)13)68(106-110(18,19)81(8,9)10)62(101-73)47-84-75(89)94-48-54-35-27-23-28-36-54)63(53-99-109(16,17)80(5,6)7)102-74(71)105-70-65(88)59(83)46-61(86-77(91)96-50-56-39-31-25-32-40-56)66(70)103-72-60(85-76(90)95-49-55-37-29-24-30-38-55)44-43-58(100-72)52-98-108(14,15)79(2,3)4/h22-42,58-74,88H,1,43-53,83H2,2-21H3,(H,84,89)(H,85,90)(H,86,91)(H,87,92)/t58-,59+,60+,61-,62-,63+,64+,65-,66+,67+,68+,69+,70+,71+,72+,73+,74-/m0/s1. The minimum atomic E-state index is -2.97. The fourth-order valence-electron chi connectivity index (χ4n) is 12.2. The van der Waals surface area contributed by atoms with Crippen molar-refractivity contribution in [3.05, 3.63) is 156 Å². The molecule has 0 spiro atoms. The topological polar surface area (TPSA) is 301 Å². The number of nitrogens with one attached hydrogen (secondary N) is 4. The number of alkyl carbamates (subject to hydrolysis) is 4. The number of carbonyl (C=O) groups excluding carboxylic acids is 4. The van der Waals surface area contributed by atoms with Crippen molar-refractivity contribution >= 4 is 57.6 Å². The highest BCUT2D eigenvalue weighted by Crippen LogP contribution is 2.46. The van der Waals surface area contributed by atoms with Gasteiger partial charge in [0.15, 0.2) is 52.1 Å². The van der Waals surface area contributed by atoms with Crippen molar-refractivity contribution in [3.63, 3.8) is 0 Å². The average molecular weight is 1620 g/mol. The summed E-state index contributed by atoms with van der Waals surface area (Å²) in [7, 11) is -10.9. The first-order valence-electron chi connectivity index (χ1n) is 39.0. The minimum Gasteiger partial charge on any atom is -0.445 e. The second kappa shape index (κ2) is 39.1. The fourth-order valence-corrected chi connectivity index (χ4v) is 16.9. The molecule has 4 amide bonds. The summed E-state index contributed by atoms with van der Waals surface area (Å²) < 4.78 is 103. The Labute approximate surface area is 663 Å². The Morgan fingerprint density at radius 1 is 0.468 bits per heavy atom. The van der Waals surface area contributed by atoms with Gasteiger partial charge in [-0.3, -0.25) is 0 Å². The third kappa shape index (κ3) is 25.5. The van der Waals surface area contributed by atoms with E-state index in [0.29, 0.717) is 12.8 Å². The third-order valence-corrected chi connectivity index (χ3v) is 41.1. The van der Waals surface area contributed by atoms with Gasteiger partial charge in [0.1, 0.15) is 75.2 Å². The van der Waals surface area contributed by atoms with Crippen molar-refractivity contribution in [2.75, 3.05) is 26.4 Å². The van der Waals surface area contributed by atoms with Gasteiger partial charge in [0.05, 0.1) is 50.2 Å². The van der Waals surface area contributed by atoms with E-state index < -0.39 is 167 Å². The summed E-state index contributed by atoms with van der Waals surface area (Å²) in [6, 6.07) is 32.8. The number of hydrogen-bond donors (Lipinski definition) is 6. The third-order valence-electron chi connectivity index (χ3n) is 23.2. The molecule has 4 aromatic rings. The molecule has 4 aromatic carbocycles. The number of amides is 4. The molecule has 4 aliphatic rings. The second-order valence-corrected chi connectivity index (χ2v) is 54.8. The highest BCUT2D eigenvalue weighted by molar-refractivity contribution is 6.75. The predicted molar refractivity (Wildman–Crippen MR) is 434 cm³/mol. The first-order valence-corrected chi connectivity index (χ1v) is 50.7. The molecular formula is C82H129N5O20Si4. The van der Waals surface area contributed by atoms with Crippen LogP contribution in [0, 0.1) is 0 Å². The smallest absolute Gasteiger partial charge is 0.407 e. The number of aliphatic hydroxyl groups excluding tert-OH is 1. The Hall–Kier alpha value is -5.95. The van der Waals surface area contributed by atoms with Gasteiger partial charge in [-0.1, -0.05) is 210 Å². The monoisotopic (exact) mass is 1620 g/mol. The van der Waals surface area contributed by atoms with E-state index in [2.05, 4.69) is 163 Å². The summed E-state index contributed by atoms with van der Waals surface area (Å²) in [5.74, 6) is 0. The lowest BCUT2D eigenvalue weighted by atomic mass is 9.83. The highest BCUT2D eigenvalue weighted by atomic mass is 28.4. The van der Waals surface area contributed by atoms with Crippen molar-refractivity contribution in [3.8, 4) is 0 Å². The summed E-state index contributed by atoms with van der Waals surface area (Å²) >= 11 is 0. The molecular weight excluding hydrogens is 1490 g/mol. The molecule has 618 valence electrons. The Bertz CT molecular complexity index is 3570. The quantitative estimate of drug-likeness (QED) is 0.0150. The molecule has 0 unspecified atom stereocenters. The van der Waals surface area contributed by atoms with Crippen LogP contribution in [0.3, 0.4) is 0 Å². The molecule has 0 radical (unpaired) electrons. The number of carbonyl (C=O) groups is 4. The molecule has 0 aromatic heterocycles. The lowest BCUT2D eigenvalue weighted by molar-refractivity contribution is -0.295. The summed E-state index contributed by atoms with van der Waals surface area (Å²) in [5, 5.41) is 23.9. The van der Waals surface area contributed by atoms with Crippen molar-refractivity contribution < 1.29 is 94.1 Å². The number of aliphatic hydroxyl groups is 1. The molecule has 8 rings (SSSR count). The number of rotatable bonds is 32. The number of nitrogens with two attached hydrogens (primary N) is 1. The zero-order valence-corrected chi connectivity index (χ0v) is 73.2. The van der Waals surface area contributed by atoms with E-state index >= 15 is 0 Å². The maximum Gasteiger partial charge on any atom is 0.407 e. The molecule has 17 atom stereocenters. The Morgan fingerprint density at radius 3 is 1.33 bits per heavy atom. The van der Waals surface area contributed by atoms with Crippen LogP contribution in [0.5, 0.6) is 0 Å². The second-order valence-electron chi connectivity index (χ2n) is 35.7. The van der Waals surface area contributed by atoms with Crippen LogP contribution in [0.4, 0.5) is 19.2 Å². The zero-order valence-electron chi connectivity index (χ0n) is 69.2. The van der Waals surface area contributed by atoms with Crippen molar-refractivity contribution in [1.29, 1.82) is 0 Å². The van der Waals surface area contributed by atoms with Gasteiger partial charge in [-0.05, 0) is 114 Å². The van der Waals surface area contributed by atoms with E-state index in [1.54, 1.807) is 6.08 Å². The van der Waals surface area contributed by atoms with E-state index in [9.17, 15) is 24.3 Å². The summed E-state index contributed by atoms with van der Waals surface area (Å²) in [5.41, 5.74) is 10.1. The van der Waals surface area contributed by atoms with Gasteiger partial charge in [-0.15, -0.1) is 6.58 Å². The van der Waals surface area contributed by atoms with Crippen LogP contribution in [0.2, 0.25) is 72.5 Å². The molecule has 29 heteroatoms. The van der Waals surface area contributed by atoms with Crippen LogP contribution < -0.4 is 27.0 Å². The summed E-state index contributed by atoms with van der Waals surface area (Å²) in [4.78, 5) is 57.5. The Balaban J connectivity index is 1.25. The zero-order chi connectivity index (χ0) is 81.5. The largest absolute Gasteiger partial charge is 0.445 e. The van der Waals surface area contributed by atoms with Gasteiger partial charge < -0.3 is 102 Å². The molecule has 3 saturated heterocycles. The molecule has 1 saturated carbocycles. The predicted octanol–water partition coefficient (Wildman–Crippen LogP) is 14.4. The number of benzene rings is 4. The van der Waals surface area contributed by atoms with Gasteiger partial charge in [-0.2, -0.15) is 0 Å². The van der Waals surface area contributed by atoms with Crippen molar-refractivity contribution in [2.45, 2.75) is 305 Å². The number of hydrogen-bond acceptors (Lipinski definition) is 21. The molecule has 0 bridgehead atoms. The van der Waals surface area contributed by atoms with E-state index in [0.717, 1.165) is 22.3 Å². The Kier molecular flexibility index (Phi) is 31.9.